The molecule has 1 atom stereocenters. The maximum Gasteiger partial charge on any atom is 0.226 e. The van der Waals surface area contributed by atoms with Crippen molar-refractivity contribution in [2.75, 3.05) is 32.8 Å². The smallest absolute Gasteiger partial charge is 0.226 e. The molecule has 0 aromatic heterocycles. The first-order valence-electron chi connectivity index (χ1n) is 12.0. The summed E-state index contributed by atoms with van der Waals surface area (Å²) in [6, 6.07) is 19.1. The van der Waals surface area contributed by atoms with Crippen LogP contribution in [0.3, 0.4) is 0 Å². The SMILES string of the molecule is CCOc1ccccc1CN1CCC[C@H](C(=O)N2CCC(Cc3ccccc3)CC2)C1. The summed E-state index contributed by atoms with van der Waals surface area (Å²) >= 11 is 0. The number of hydrogen-bond acceptors (Lipinski definition) is 3. The van der Waals surface area contributed by atoms with E-state index >= 15 is 0 Å². The summed E-state index contributed by atoms with van der Waals surface area (Å²) in [5.41, 5.74) is 2.64. The number of amides is 1. The van der Waals surface area contributed by atoms with Crippen LogP contribution in [-0.4, -0.2) is 48.5 Å². The van der Waals surface area contributed by atoms with Crippen molar-refractivity contribution in [1.29, 1.82) is 0 Å². The molecule has 2 aromatic rings. The first-order valence-corrected chi connectivity index (χ1v) is 12.0. The molecule has 0 aliphatic carbocycles. The van der Waals surface area contributed by atoms with E-state index in [9.17, 15) is 4.79 Å². The summed E-state index contributed by atoms with van der Waals surface area (Å²) < 4.78 is 5.80. The van der Waals surface area contributed by atoms with Gasteiger partial charge in [-0.15, -0.1) is 0 Å². The van der Waals surface area contributed by atoms with Gasteiger partial charge >= 0.3 is 0 Å². The van der Waals surface area contributed by atoms with Crippen molar-refractivity contribution >= 4 is 5.91 Å². The van der Waals surface area contributed by atoms with Crippen molar-refractivity contribution < 1.29 is 9.53 Å². The lowest BCUT2D eigenvalue weighted by molar-refractivity contribution is -0.138. The molecule has 0 bridgehead atoms. The van der Waals surface area contributed by atoms with Crippen LogP contribution in [0.25, 0.3) is 0 Å². The molecule has 0 spiro atoms. The van der Waals surface area contributed by atoms with Crippen LogP contribution in [0.2, 0.25) is 0 Å². The van der Waals surface area contributed by atoms with Crippen LogP contribution in [0.15, 0.2) is 54.6 Å². The topological polar surface area (TPSA) is 32.8 Å². The highest BCUT2D eigenvalue weighted by atomic mass is 16.5. The van der Waals surface area contributed by atoms with Crippen molar-refractivity contribution in [3.05, 3.63) is 65.7 Å². The van der Waals surface area contributed by atoms with E-state index in [4.69, 9.17) is 4.74 Å². The second-order valence-corrected chi connectivity index (χ2v) is 9.07. The summed E-state index contributed by atoms with van der Waals surface area (Å²) in [6.45, 7) is 7.32. The number of piperidine rings is 2. The second kappa shape index (κ2) is 10.8. The third kappa shape index (κ3) is 5.88. The van der Waals surface area contributed by atoms with Crippen LogP contribution >= 0.6 is 0 Å². The lowest BCUT2D eigenvalue weighted by atomic mass is 9.89. The van der Waals surface area contributed by atoms with E-state index in [1.165, 1.54) is 11.1 Å². The van der Waals surface area contributed by atoms with Crippen molar-refractivity contribution in [3.8, 4) is 5.75 Å². The molecule has 2 saturated heterocycles. The molecule has 2 heterocycles. The molecule has 2 aromatic carbocycles. The monoisotopic (exact) mass is 420 g/mol. The van der Waals surface area contributed by atoms with E-state index in [1.807, 2.05) is 19.1 Å². The summed E-state index contributed by atoms with van der Waals surface area (Å²) in [7, 11) is 0. The maximum atomic E-state index is 13.3. The van der Waals surface area contributed by atoms with Crippen LogP contribution in [0.5, 0.6) is 5.75 Å². The van der Waals surface area contributed by atoms with Crippen molar-refractivity contribution in [2.24, 2.45) is 11.8 Å². The molecule has 0 N–H and O–H groups in total. The van der Waals surface area contributed by atoms with Gasteiger partial charge in [-0.3, -0.25) is 9.69 Å². The number of rotatable bonds is 7. The predicted molar refractivity (Wildman–Crippen MR) is 125 cm³/mol. The highest BCUT2D eigenvalue weighted by Gasteiger charge is 2.31. The largest absolute Gasteiger partial charge is 0.494 e. The lowest BCUT2D eigenvalue weighted by Gasteiger charge is -2.38. The Morgan fingerprint density at radius 3 is 2.48 bits per heavy atom. The first kappa shape index (κ1) is 21.9. The molecule has 31 heavy (non-hydrogen) atoms. The molecule has 1 amide bonds. The third-order valence-electron chi connectivity index (χ3n) is 6.81. The minimum Gasteiger partial charge on any atom is -0.494 e. The molecular formula is C27H36N2O2. The Balaban J connectivity index is 1.28. The Kier molecular flexibility index (Phi) is 7.63. The molecule has 4 rings (SSSR count). The number of nitrogens with zero attached hydrogens (tertiary/aromatic N) is 2. The molecular weight excluding hydrogens is 384 g/mol. The summed E-state index contributed by atoms with van der Waals surface area (Å²) in [6.07, 6.45) is 5.50. The van der Waals surface area contributed by atoms with E-state index < -0.39 is 0 Å². The molecule has 0 radical (unpaired) electrons. The van der Waals surface area contributed by atoms with Crippen molar-refractivity contribution in [1.82, 2.24) is 9.80 Å². The van der Waals surface area contributed by atoms with Gasteiger partial charge in [-0.2, -0.15) is 0 Å². The zero-order valence-electron chi connectivity index (χ0n) is 18.8. The molecule has 2 aliphatic heterocycles. The number of carbonyl (C=O) groups excluding carboxylic acids is 1. The predicted octanol–water partition coefficient (Wildman–Crippen LogP) is 4.78. The van der Waals surface area contributed by atoms with Crippen LogP contribution in [0.1, 0.15) is 43.7 Å². The Labute approximate surface area is 187 Å². The average Bonchev–Trinajstić information content (AvgIpc) is 2.81. The van der Waals surface area contributed by atoms with E-state index in [1.54, 1.807) is 0 Å². The number of likely N-dealkylation sites (tertiary alicyclic amines) is 2. The Hall–Kier alpha value is -2.33. The van der Waals surface area contributed by atoms with Gasteiger partial charge in [0.1, 0.15) is 5.75 Å². The lowest BCUT2D eigenvalue weighted by Crippen LogP contribution is -2.47. The van der Waals surface area contributed by atoms with Gasteiger partial charge in [0.05, 0.1) is 12.5 Å². The zero-order chi connectivity index (χ0) is 21.5. The van der Waals surface area contributed by atoms with Crippen LogP contribution in [-0.2, 0) is 17.8 Å². The maximum absolute atomic E-state index is 13.3. The molecule has 2 aliphatic rings. The van der Waals surface area contributed by atoms with E-state index in [-0.39, 0.29) is 5.92 Å². The number of benzene rings is 2. The third-order valence-corrected chi connectivity index (χ3v) is 6.81. The van der Waals surface area contributed by atoms with Crippen LogP contribution in [0.4, 0.5) is 0 Å². The number of ether oxygens (including phenoxy) is 1. The number of hydrogen-bond donors (Lipinski definition) is 0. The fourth-order valence-corrected chi connectivity index (χ4v) is 5.14. The molecule has 166 valence electrons. The molecule has 0 saturated carbocycles. The van der Waals surface area contributed by atoms with E-state index in [0.29, 0.717) is 18.4 Å². The quantitative estimate of drug-likeness (QED) is 0.646. The number of para-hydroxylation sites is 1. The van der Waals surface area contributed by atoms with Gasteiger partial charge in [-0.05, 0) is 63.1 Å². The second-order valence-electron chi connectivity index (χ2n) is 9.07. The Morgan fingerprint density at radius 1 is 0.968 bits per heavy atom. The van der Waals surface area contributed by atoms with E-state index in [2.05, 4.69) is 52.3 Å². The Morgan fingerprint density at radius 2 is 1.71 bits per heavy atom. The van der Waals surface area contributed by atoms with Gasteiger partial charge in [0, 0.05) is 31.7 Å². The summed E-state index contributed by atoms with van der Waals surface area (Å²) in [4.78, 5) is 17.8. The van der Waals surface area contributed by atoms with Crippen molar-refractivity contribution in [3.63, 3.8) is 0 Å². The fraction of sp³-hybridized carbons (Fsp3) is 0.519. The van der Waals surface area contributed by atoms with Gasteiger partial charge in [-0.25, -0.2) is 0 Å². The summed E-state index contributed by atoms with van der Waals surface area (Å²) in [5.74, 6) is 2.18. The first-order chi connectivity index (χ1) is 15.2. The zero-order valence-corrected chi connectivity index (χ0v) is 18.8. The molecule has 4 heteroatoms. The standard InChI is InChI=1S/C27H36N2O2/c1-2-31-26-13-7-6-11-24(26)20-28-16-8-12-25(21-28)27(30)29-17-14-23(15-18-29)19-22-9-4-3-5-10-22/h3-7,9-11,13,23,25H,2,8,12,14-21H2,1H3/t25-/m0/s1. The van der Waals surface area contributed by atoms with Crippen molar-refractivity contribution in [2.45, 2.75) is 45.6 Å². The van der Waals surface area contributed by atoms with Gasteiger partial charge in [-0.1, -0.05) is 48.5 Å². The minimum atomic E-state index is 0.138. The van der Waals surface area contributed by atoms with Gasteiger partial charge < -0.3 is 9.64 Å². The van der Waals surface area contributed by atoms with Gasteiger partial charge in [0.15, 0.2) is 0 Å². The molecule has 2 fully saturated rings. The number of carbonyl (C=O) groups is 1. The van der Waals surface area contributed by atoms with Gasteiger partial charge in [0.25, 0.3) is 0 Å². The van der Waals surface area contributed by atoms with Gasteiger partial charge in [0.2, 0.25) is 5.91 Å². The summed E-state index contributed by atoms with van der Waals surface area (Å²) in [5, 5.41) is 0. The Bertz CT molecular complexity index is 830. The fourth-order valence-electron chi connectivity index (χ4n) is 5.14. The average molecular weight is 421 g/mol. The highest BCUT2D eigenvalue weighted by molar-refractivity contribution is 5.79. The normalized spacial score (nSPS) is 20.5. The van der Waals surface area contributed by atoms with Crippen LogP contribution < -0.4 is 4.74 Å². The molecule has 4 nitrogen and oxygen atoms in total. The highest BCUT2D eigenvalue weighted by Crippen LogP contribution is 2.27. The van der Waals surface area contributed by atoms with Crippen LogP contribution in [0, 0.1) is 11.8 Å². The molecule has 0 unspecified atom stereocenters. The minimum absolute atomic E-state index is 0.138. The van der Waals surface area contributed by atoms with E-state index in [0.717, 1.165) is 70.6 Å².